The van der Waals surface area contributed by atoms with Crippen molar-refractivity contribution in [3.63, 3.8) is 0 Å². The number of aliphatic hydroxyl groups excluding tert-OH is 1. The quantitative estimate of drug-likeness (QED) is 0.0606. The number of hydrogen-bond acceptors (Lipinski definition) is 5. The largest absolute Gasteiger partial charge is 0.465 e. The first-order chi connectivity index (χ1) is 20.7. The number of carbonyl (C=O) groups is 2. The maximum Gasteiger partial charge on any atom is 0.305 e. The smallest absolute Gasteiger partial charge is 0.305 e. The molecule has 1 N–H and O–H groups in total. The Hall–Kier alpha value is -1.10. The second-order valence-electron chi connectivity index (χ2n) is 14.3. The van der Waals surface area contributed by atoms with E-state index in [2.05, 4.69) is 27.7 Å². The van der Waals surface area contributed by atoms with E-state index in [0.717, 1.165) is 37.5 Å². The molecule has 0 rings (SSSR count). The number of carbonyl (C=O) groups excluding carboxylic acids is 2. The number of unbranched alkanes of at least 4 members (excludes halogenated alkanes) is 18. The van der Waals surface area contributed by atoms with E-state index in [0.29, 0.717) is 19.3 Å². The minimum absolute atomic E-state index is 0.0982. The molecule has 0 aromatic carbocycles. The van der Waals surface area contributed by atoms with Crippen LogP contribution in [0.25, 0.3) is 0 Å². The maximum atomic E-state index is 12.3. The van der Waals surface area contributed by atoms with Gasteiger partial charge in [-0.05, 0) is 31.1 Å². The number of hydrogen-bond donors (Lipinski definition) is 1. The Labute approximate surface area is 268 Å². The fourth-order valence-corrected chi connectivity index (χ4v) is 5.53. The second-order valence-corrected chi connectivity index (χ2v) is 14.3. The Morgan fingerprint density at radius 2 is 0.791 bits per heavy atom. The third-order valence-electron chi connectivity index (χ3n) is 8.99. The second kappa shape index (κ2) is 29.6. The number of rotatable bonds is 32. The zero-order valence-electron chi connectivity index (χ0n) is 29.5. The summed E-state index contributed by atoms with van der Waals surface area (Å²) in [6.45, 7) is 11.2. The molecule has 0 amide bonds. The normalized spacial score (nSPS) is 11.9. The maximum absolute atomic E-state index is 12.3. The molecule has 0 unspecified atom stereocenters. The lowest BCUT2D eigenvalue weighted by Gasteiger charge is -2.29. The van der Waals surface area contributed by atoms with Gasteiger partial charge < -0.3 is 14.6 Å². The van der Waals surface area contributed by atoms with E-state index >= 15 is 0 Å². The Morgan fingerprint density at radius 1 is 0.512 bits per heavy atom. The number of aliphatic hydroxyl groups is 1. The van der Waals surface area contributed by atoms with Gasteiger partial charge in [0.05, 0.1) is 12.0 Å². The lowest BCUT2D eigenvalue weighted by Crippen LogP contribution is -2.37. The third kappa shape index (κ3) is 28.1. The summed E-state index contributed by atoms with van der Waals surface area (Å²) in [4.78, 5) is 24.6. The van der Waals surface area contributed by atoms with Gasteiger partial charge in [-0.15, -0.1) is 0 Å². The van der Waals surface area contributed by atoms with E-state index in [1.165, 1.54) is 116 Å². The van der Waals surface area contributed by atoms with Gasteiger partial charge in [0.15, 0.2) is 0 Å². The zero-order chi connectivity index (χ0) is 32.0. The number of esters is 2. The average molecular weight is 611 g/mol. The van der Waals surface area contributed by atoms with Gasteiger partial charge in [-0.25, -0.2) is 0 Å². The molecule has 256 valence electrons. The summed E-state index contributed by atoms with van der Waals surface area (Å²) < 4.78 is 11.0. The fraction of sp³-hybridized carbons (Fsp3) is 0.947. The SMILES string of the molecule is CCC(CO)(COC(=O)CCCCCCCCCCCCC(C)C)COC(=O)CCCCCCCCCCCCC(C)C. The standard InChI is InChI=1S/C38H74O5/c1-6-38(31-39,32-42-36(40)29-25-21-17-13-9-7-11-15-19-23-27-34(2)3)33-43-37(41)30-26-22-18-14-10-8-12-16-20-24-28-35(4)5/h34-35,39H,6-33H2,1-5H3. The summed E-state index contributed by atoms with van der Waals surface area (Å²) in [6.07, 6.45) is 28.9. The van der Waals surface area contributed by atoms with E-state index in [-0.39, 0.29) is 31.8 Å². The van der Waals surface area contributed by atoms with Crippen LogP contribution in [-0.2, 0) is 19.1 Å². The van der Waals surface area contributed by atoms with Gasteiger partial charge in [-0.3, -0.25) is 9.59 Å². The molecular formula is C38H74O5. The Balaban J connectivity index is 3.80. The van der Waals surface area contributed by atoms with Crippen molar-refractivity contribution in [3.8, 4) is 0 Å². The molecule has 0 fully saturated rings. The fourth-order valence-electron chi connectivity index (χ4n) is 5.53. The van der Waals surface area contributed by atoms with Crippen molar-refractivity contribution in [1.29, 1.82) is 0 Å². The van der Waals surface area contributed by atoms with Crippen molar-refractivity contribution in [1.82, 2.24) is 0 Å². The first-order valence-electron chi connectivity index (χ1n) is 18.7. The highest BCUT2D eigenvalue weighted by molar-refractivity contribution is 5.69. The van der Waals surface area contributed by atoms with E-state index < -0.39 is 5.41 Å². The van der Waals surface area contributed by atoms with Crippen molar-refractivity contribution in [3.05, 3.63) is 0 Å². The lowest BCUT2D eigenvalue weighted by molar-refractivity contribution is -0.156. The Morgan fingerprint density at radius 3 is 1.05 bits per heavy atom. The van der Waals surface area contributed by atoms with Crippen molar-refractivity contribution >= 4 is 11.9 Å². The van der Waals surface area contributed by atoms with E-state index in [1.807, 2.05) is 6.92 Å². The Kier molecular flexibility index (Phi) is 28.8. The average Bonchev–Trinajstić information content (AvgIpc) is 2.98. The van der Waals surface area contributed by atoms with Crippen molar-refractivity contribution in [2.45, 2.75) is 195 Å². The van der Waals surface area contributed by atoms with Gasteiger partial charge in [0.2, 0.25) is 0 Å². The molecule has 0 aliphatic carbocycles. The molecule has 0 saturated heterocycles. The molecule has 0 aromatic heterocycles. The van der Waals surface area contributed by atoms with Crippen LogP contribution in [0.15, 0.2) is 0 Å². The van der Waals surface area contributed by atoms with Crippen molar-refractivity contribution < 1.29 is 24.2 Å². The summed E-state index contributed by atoms with van der Waals surface area (Å²) in [5.41, 5.74) is -0.713. The highest BCUT2D eigenvalue weighted by Crippen LogP contribution is 2.24. The predicted octanol–water partition coefficient (Wildman–Crippen LogP) is 11.1. The van der Waals surface area contributed by atoms with Crippen LogP contribution in [0.2, 0.25) is 0 Å². The highest BCUT2D eigenvalue weighted by Gasteiger charge is 2.31. The highest BCUT2D eigenvalue weighted by atomic mass is 16.5. The van der Waals surface area contributed by atoms with E-state index in [9.17, 15) is 14.7 Å². The molecule has 5 heteroatoms. The minimum Gasteiger partial charge on any atom is -0.465 e. The van der Waals surface area contributed by atoms with Crippen LogP contribution >= 0.6 is 0 Å². The van der Waals surface area contributed by atoms with Crippen molar-refractivity contribution in [2.24, 2.45) is 17.3 Å². The topological polar surface area (TPSA) is 72.8 Å². The summed E-state index contributed by atoms with van der Waals surface area (Å²) in [6, 6.07) is 0. The summed E-state index contributed by atoms with van der Waals surface area (Å²) in [7, 11) is 0. The van der Waals surface area contributed by atoms with Gasteiger partial charge in [-0.1, -0.05) is 163 Å². The molecule has 0 spiro atoms. The predicted molar refractivity (Wildman–Crippen MR) is 182 cm³/mol. The third-order valence-corrected chi connectivity index (χ3v) is 8.99. The molecule has 0 bridgehead atoms. The summed E-state index contributed by atoms with van der Waals surface area (Å²) in [5, 5.41) is 10.0. The lowest BCUT2D eigenvalue weighted by atomic mass is 9.88. The summed E-state index contributed by atoms with van der Waals surface area (Å²) >= 11 is 0. The molecule has 0 aromatic rings. The molecule has 0 aliphatic rings. The van der Waals surface area contributed by atoms with E-state index in [1.54, 1.807) is 0 Å². The molecule has 43 heavy (non-hydrogen) atoms. The van der Waals surface area contributed by atoms with E-state index in [4.69, 9.17) is 9.47 Å². The van der Waals surface area contributed by atoms with Crippen LogP contribution in [0.5, 0.6) is 0 Å². The molecule has 0 radical (unpaired) electrons. The van der Waals surface area contributed by atoms with Crippen LogP contribution in [0.4, 0.5) is 0 Å². The summed E-state index contributed by atoms with van der Waals surface area (Å²) in [5.74, 6) is 1.22. The molecule has 0 atom stereocenters. The first kappa shape index (κ1) is 41.9. The first-order valence-corrected chi connectivity index (χ1v) is 18.7. The van der Waals surface area contributed by atoms with Crippen LogP contribution in [0, 0.1) is 17.3 Å². The molecule has 0 aliphatic heterocycles. The van der Waals surface area contributed by atoms with Crippen LogP contribution < -0.4 is 0 Å². The van der Waals surface area contributed by atoms with Crippen LogP contribution in [0.1, 0.15) is 195 Å². The minimum atomic E-state index is -0.713. The van der Waals surface area contributed by atoms with Gasteiger partial charge in [0, 0.05) is 12.8 Å². The zero-order valence-corrected chi connectivity index (χ0v) is 29.5. The molecule has 5 nitrogen and oxygen atoms in total. The van der Waals surface area contributed by atoms with Gasteiger partial charge in [0.1, 0.15) is 13.2 Å². The Bertz CT molecular complexity index is 576. The van der Waals surface area contributed by atoms with Gasteiger partial charge >= 0.3 is 11.9 Å². The molecule has 0 saturated carbocycles. The van der Waals surface area contributed by atoms with Gasteiger partial charge in [0.25, 0.3) is 0 Å². The molecular weight excluding hydrogens is 536 g/mol. The molecule has 0 heterocycles. The van der Waals surface area contributed by atoms with Crippen LogP contribution in [-0.4, -0.2) is 36.9 Å². The monoisotopic (exact) mass is 611 g/mol. The van der Waals surface area contributed by atoms with Gasteiger partial charge in [-0.2, -0.15) is 0 Å². The van der Waals surface area contributed by atoms with Crippen molar-refractivity contribution in [2.75, 3.05) is 19.8 Å². The number of ether oxygens (including phenoxy) is 2. The van der Waals surface area contributed by atoms with Crippen LogP contribution in [0.3, 0.4) is 0 Å².